The molecule has 10 N–H and O–H groups in total. The molecule has 0 atom stereocenters. The van der Waals surface area contributed by atoms with Gasteiger partial charge < -0.3 is 38.5 Å². The Bertz CT molecular complexity index is 358. The summed E-state index contributed by atoms with van der Waals surface area (Å²) < 4.78 is 0. The second kappa shape index (κ2) is 25.7. The van der Waals surface area contributed by atoms with Gasteiger partial charge in [0.25, 0.3) is 0 Å². The smallest absolute Gasteiger partial charge is 0.0110 e. The molecule has 0 aromatic heterocycles. The predicted octanol–water partition coefficient (Wildman–Crippen LogP) is -1.97. The van der Waals surface area contributed by atoms with Crippen LogP contribution in [-0.4, -0.2) is 150 Å². The third-order valence-corrected chi connectivity index (χ3v) is 6.03. The first-order valence-corrected chi connectivity index (χ1v) is 13.8. The van der Waals surface area contributed by atoms with Crippen LogP contribution in [0.1, 0.15) is 26.7 Å². The zero-order chi connectivity index (χ0) is 25.3. The molecule has 0 fully saturated rings. The first-order valence-electron chi connectivity index (χ1n) is 13.8. The number of nitrogens with zero attached hydrogens (tertiary/aromatic N) is 4. The van der Waals surface area contributed by atoms with E-state index in [9.17, 15) is 0 Å². The fraction of sp³-hybridized carbons (Fsp3) is 1.00. The van der Waals surface area contributed by atoms with Gasteiger partial charge in [0.2, 0.25) is 0 Å². The van der Waals surface area contributed by atoms with Gasteiger partial charge in [0.15, 0.2) is 0 Å². The molecule has 0 aromatic carbocycles. The quantitative estimate of drug-likeness (QED) is 0.0721. The Balaban J connectivity index is 4.93. The minimum atomic E-state index is 0.676. The van der Waals surface area contributed by atoms with E-state index in [4.69, 9.17) is 22.9 Å². The summed E-state index contributed by atoms with van der Waals surface area (Å²) in [6.45, 7) is 23.5. The maximum absolute atomic E-state index is 5.85. The molecule has 0 amide bonds. The summed E-state index contributed by atoms with van der Waals surface area (Å²) in [6.07, 6.45) is 2.33. The number of nitrogens with two attached hydrogens (primary N) is 4. The van der Waals surface area contributed by atoms with E-state index in [0.717, 1.165) is 118 Å². The third-order valence-electron chi connectivity index (χ3n) is 6.03. The summed E-state index contributed by atoms with van der Waals surface area (Å²) in [5.74, 6) is 0. The maximum atomic E-state index is 5.85. The Morgan fingerprint density at radius 3 is 1.15 bits per heavy atom. The molecule has 0 bridgehead atoms. The van der Waals surface area contributed by atoms with Crippen molar-refractivity contribution in [2.75, 3.05) is 131 Å². The summed E-state index contributed by atoms with van der Waals surface area (Å²) in [5, 5.41) is 6.99. The first-order chi connectivity index (χ1) is 16.6. The molecular formula is C24H60N10. The summed E-state index contributed by atoms with van der Waals surface area (Å²) in [7, 11) is 0. The van der Waals surface area contributed by atoms with E-state index in [1.165, 1.54) is 6.42 Å². The summed E-state index contributed by atoms with van der Waals surface area (Å²) in [4.78, 5) is 10.1. The lowest BCUT2D eigenvalue weighted by atomic mass is 10.3. The molecule has 0 unspecified atom stereocenters. The van der Waals surface area contributed by atoms with Crippen molar-refractivity contribution < 1.29 is 0 Å². The minimum absolute atomic E-state index is 0.676. The molecule has 10 heteroatoms. The molecule has 0 aromatic rings. The summed E-state index contributed by atoms with van der Waals surface area (Å²) in [5.41, 5.74) is 23.1. The van der Waals surface area contributed by atoms with Crippen molar-refractivity contribution >= 4 is 0 Å². The molecule has 0 spiro atoms. The Morgan fingerprint density at radius 2 is 0.765 bits per heavy atom. The van der Waals surface area contributed by atoms with Crippen LogP contribution in [0.25, 0.3) is 0 Å². The highest BCUT2D eigenvalue weighted by molar-refractivity contribution is 4.71. The fourth-order valence-corrected chi connectivity index (χ4v) is 4.06. The molecule has 0 aliphatic rings. The SMILES string of the molecule is CCCNCCN(CCNCCN)CCN(CCN(CCC)CCN)CCN(CCN)CCN. The van der Waals surface area contributed by atoms with Crippen LogP contribution >= 0.6 is 0 Å². The van der Waals surface area contributed by atoms with Crippen molar-refractivity contribution in [3.63, 3.8) is 0 Å². The van der Waals surface area contributed by atoms with E-state index >= 15 is 0 Å². The van der Waals surface area contributed by atoms with Gasteiger partial charge in [-0.15, -0.1) is 0 Å². The fourth-order valence-electron chi connectivity index (χ4n) is 4.06. The van der Waals surface area contributed by atoms with Crippen LogP contribution in [0.15, 0.2) is 0 Å². The van der Waals surface area contributed by atoms with Crippen molar-refractivity contribution in [3.8, 4) is 0 Å². The average molecular weight is 489 g/mol. The molecular weight excluding hydrogens is 428 g/mol. The molecule has 0 aliphatic carbocycles. The van der Waals surface area contributed by atoms with Gasteiger partial charge >= 0.3 is 0 Å². The molecule has 0 radical (unpaired) electrons. The van der Waals surface area contributed by atoms with E-state index < -0.39 is 0 Å². The predicted molar refractivity (Wildman–Crippen MR) is 148 cm³/mol. The molecule has 10 nitrogen and oxygen atoms in total. The van der Waals surface area contributed by atoms with E-state index in [0.29, 0.717) is 19.6 Å². The zero-order valence-corrected chi connectivity index (χ0v) is 22.7. The van der Waals surface area contributed by atoms with Gasteiger partial charge in [-0.3, -0.25) is 14.7 Å². The number of hydrogen-bond donors (Lipinski definition) is 6. The normalized spacial score (nSPS) is 12.2. The van der Waals surface area contributed by atoms with E-state index in [-0.39, 0.29) is 0 Å². The Kier molecular flexibility index (Phi) is 25.4. The molecule has 0 aliphatic heterocycles. The first kappa shape index (κ1) is 33.6. The largest absolute Gasteiger partial charge is 0.329 e. The Labute approximate surface area is 211 Å². The van der Waals surface area contributed by atoms with Crippen LogP contribution in [0.3, 0.4) is 0 Å². The topological polar surface area (TPSA) is 141 Å². The van der Waals surface area contributed by atoms with E-state index in [1.807, 2.05) is 0 Å². The second-order valence-corrected chi connectivity index (χ2v) is 9.02. The Morgan fingerprint density at radius 1 is 0.382 bits per heavy atom. The second-order valence-electron chi connectivity index (χ2n) is 9.02. The number of nitrogens with one attached hydrogen (secondary N) is 2. The van der Waals surface area contributed by atoms with Crippen LogP contribution in [0.2, 0.25) is 0 Å². The Hall–Kier alpha value is -0.400. The third kappa shape index (κ3) is 19.9. The van der Waals surface area contributed by atoms with Gasteiger partial charge in [0.1, 0.15) is 0 Å². The standard InChI is InChI=1S/C24H60N10/c1-3-9-29-11-17-33(18-12-30-10-5-25)21-24-34(22-19-31(13-4-2)14-6-26)23-20-32(15-7-27)16-8-28/h29-30H,3-28H2,1-2H3. The van der Waals surface area contributed by atoms with Gasteiger partial charge in [-0.1, -0.05) is 13.8 Å². The summed E-state index contributed by atoms with van der Waals surface area (Å²) in [6, 6.07) is 0. The van der Waals surface area contributed by atoms with Gasteiger partial charge in [0.05, 0.1) is 0 Å². The van der Waals surface area contributed by atoms with E-state index in [2.05, 4.69) is 44.1 Å². The highest BCUT2D eigenvalue weighted by Gasteiger charge is 2.13. The lowest BCUT2D eigenvalue weighted by Crippen LogP contribution is -2.46. The van der Waals surface area contributed by atoms with Crippen molar-refractivity contribution in [1.82, 2.24) is 30.2 Å². The highest BCUT2D eigenvalue weighted by atomic mass is 15.3. The maximum Gasteiger partial charge on any atom is 0.0110 e. The molecule has 0 rings (SSSR count). The molecule has 206 valence electrons. The monoisotopic (exact) mass is 489 g/mol. The highest BCUT2D eigenvalue weighted by Crippen LogP contribution is 1.98. The van der Waals surface area contributed by atoms with Gasteiger partial charge in [-0.05, 0) is 25.9 Å². The van der Waals surface area contributed by atoms with Crippen LogP contribution in [0.4, 0.5) is 0 Å². The van der Waals surface area contributed by atoms with Crippen molar-refractivity contribution in [2.45, 2.75) is 26.7 Å². The van der Waals surface area contributed by atoms with Gasteiger partial charge in [-0.25, -0.2) is 0 Å². The van der Waals surface area contributed by atoms with Crippen molar-refractivity contribution in [3.05, 3.63) is 0 Å². The van der Waals surface area contributed by atoms with Crippen molar-refractivity contribution in [1.29, 1.82) is 0 Å². The molecule has 0 saturated carbocycles. The van der Waals surface area contributed by atoms with Crippen LogP contribution in [0.5, 0.6) is 0 Å². The number of rotatable bonds is 27. The number of hydrogen-bond acceptors (Lipinski definition) is 10. The van der Waals surface area contributed by atoms with Gasteiger partial charge in [0, 0.05) is 118 Å². The minimum Gasteiger partial charge on any atom is -0.329 e. The lowest BCUT2D eigenvalue weighted by molar-refractivity contribution is 0.158. The molecule has 0 saturated heterocycles. The molecule has 0 heterocycles. The van der Waals surface area contributed by atoms with Crippen LogP contribution in [0, 0.1) is 0 Å². The van der Waals surface area contributed by atoms with Crippen molar-refractivity contribution in [2.24, 2.45) is 22.9 Å². The zero-order valence-electron chi connectivity index (χ0n) is 22.7. The van der Waals surface area contributed by atoms with Crippen LogP contribution < -0.4 is 33.6 Å². The molecule has 34 heavy (non-hydrogen) atoms. The van der Waals surface area contributed by atoms with Gasteiger partial charge in [-0.2, -0.15) is 0 Å². The average Bonchev–Trinajstić information content (AvgIpc) is 2.83. The summed E-state index contributed by atoms with van der Waals surface area (Å²) >= 11 is 0. The van der Waals surface area contributed by atoms with E-state index in [1.54, 1.807) is 0 Å². The van der Waals surface area contributed by atoms with Crippen LogP contribution in [-0.2, 0) is 0 Å². The lowest BCUT2D eigenvalue weighted by Gasteiger charge is -2.32.